The van der Waals surface area contributed by atoms with E-state index in [-0.39, 0.29) is 5.91 Å². The summed E-state index contributed by atoms with van der Waals surface area (Å²) >= 11 is 1.33. The van der Waals surface area contributed by atoms with Crippen molar-refractivity contribution in [1.82, 2.24) is 15.0 Å². The van der Waals surface area contributed by atoms with Crippen LogP contribution in [0.3, 0.4) is 0 Å². The molecule has 1 aromatic carbocycles. The Hall–Kier alpha value is -3.78. The maximum Gasteiger partial charge on any atom is 0.259 e. The molecule has 0 aliphatic heterocycles. The predicted molar refractivity (Wildman–Crippen MR) is 116 cm³/mol. The topological polar surface area (TPSA) is 86.2 Å². The number of anilines is 1. The van der Waals surface area contributed by atoms with Crippen LogP contribution in [0.5, 0.6) is 11.5 Å². The molecule has 0 unspecified atom stereocenters. The van der Waals surface area contributed by atoms with Gasteiger partial charge in [0.25, 0.3) is 5.91 Å². The van der Waals surface area contributed by atoms with Crippen molar-refractivity contribution in [3.05, 3.63) is 71.9 Å². The lowest BCUT2D eigenvalue weighted by atomic mass is 10.1. The van der Waals surface area contributed by atoms with Gasteiger partial charge in [0, 0.05) is 17.1 Å². The Morgan fingerprint density at radius 1 is 0.933 bits per heavy atom. The largest absolute Gasteiger partial charge is 0.497 e. The minimum absolute atomic E-state index is 0.280. The molecule has 0 aliphatic carbocycles. The van der Waals surface area contributed by atoms with Crippen molar-refractivity contribution in [2.24, 2.45) is 0 Å². The van der Waals surface area contributed by atoms with Crippen LogP contribution >= 0.6 is 11.3 Å². The van der Waals surface area contributed by atoms with E-state index in [1.165, 1.54) is 11.3 Å². The molecule has 0 bridgehead atoms. The smallest absolute Gasteiger partial charge is 0.259 e. The van der Waals surface area contributed by atoms with E-state index in [1.807, 2.05) is 41.8 Å². The maximum atomic E-state index is 12.9. The highest BCUT2D eigenvalue weighted by molar-refractivity contribution is 7.14. The monoisotopic (exact) mass is 418 g/mol. The number of ether oxygens (including phenoxy) is 2. The molecule has 0 radical (unpaired) electrons. The van der Waals surface area contributed by atoms with Crippen molar-refractivity contribution in [3.8, 4) is 34.1 Å². The Bertz CT molecular complexity index is 1160. The molecule has 7 nitrogen and oxygen atoms in total. The van der Waals surface area contributed by atoms with Crippen LogP contribution < -0.4 is 14.8 Å². The molecule has 4 rings (SSSR count). The summed E-state index contributed by atoms with van der Waals surface area (Å²) in [6, 6.07) is 14.5. The van der Waals surface area contributed by atoms with Crippen LogP contribution in [0.2, 0.25) is 0 Å². The standard InChI is InChI=1S/C22H18N4O3S/c1-28-15-7-5-14(6-8-15)20-17(4-3-11-23-20)21(27)26-22-25-19(13-30-22)18-10-9-16(29-2)12-24-18/h3-13H,1-2H3,(H,25,26,27). The fraction of sp³-hybridized carbons (Fsp3) is 0.0909. The number of carbonyl (C=O) groups is 1. The third-order valence-electron chi connectivity index (χ3n) is 4.37. The van der Waals surface area contributed by atoms with Crippen LogP contribution in [-0.2, 0) is 0 Å². The molecule has 0 saturated heterocycles. The Kier molecular flexibility index (Phi) is 5.67. The fourth-order valence-corrected chi connectivity index (χ4v) is 3.53. The van der Waals surface area contributed by atoms with Gasteiger partial charge in [0.1, 0.15) is 17.2 Å². The number of rotatable bonds is 6. The van der Waals surface area contributed by atoms with Crippen LogP contribution in [0.1, 0.15) is 10.4 Å². The lowest BCUT2D eigenvalue weighted by Crippen LogP contribution is -2.13. The summed E-state index contributed by atoms with van der Waals surface area (Å²) in [5, 5.41) is 5.18. The zero-order chi connectivity index (χ0) is 20.9. The van der Waals surface area contributed by atoms with E-state index >= 15 is 0 Å². The number of pyridine rings is 2. The van der Waals surface area contributed by atoms with Crippen LogP contribution in [0.25, 0.3) is 22.6 Å². The molecule has 3 aromatic heterocycles. The van der Waals surface area contributed by atoms with Gasteiger partial charge in [-0.2, -0.15) is 0 Å². The number of thiazole rings is 1. The first-order valence-corrected chi connectivity index (χ1v) is 9.92. The summed E-state index contributed by atoms with van der Waals surface area (Å²) in [6.07, 6.45) is 3.29. The summed E-state index contributed by atoms with van der Waals surface area (Å²) in [5.74, 6) is 1.13. The van der Waals surface area contributed by atoms with Crippen molar-refractivity contribution in [1.29, 1.82) is 0 Å². The summed E-state index contributed by atoms with van der Waals surface area (Å²) in [6.45, 7) is 0. The summed E-state index contributed by atoms with van der Waals surface area (Å²) < 4.78 is 10.3. The van der Waals surface area contributed by atoms with Gasteiger partial charge in [-0.25, -0.2) is 4.98 Å². The second-order valence-corrected chi connectivity index (χ2v) is 7.06. The van der Waals surface area contributed by atoms with Crippen LogP contribution in [0, 0.1) is 0 Å². The second kappa shape index (κ2) is 8.71. The quantitative estimate of drug-likeness (QED) is 0.495. The summed E-state index contributed by atoms with van der Waals surface area (Å²) in [7, 11) is 3.20. The molecular weight excluding hydrogens is 400 g/mol. The molecular formula is C22H18N4O3S. The van der Waals surface area contributed by atoms with Gasteiger partial charge in [0.15, 0.2) is 5.13 Å². The van der Waals surface area contributed by atoms with E-state index in [1.54, 1.807) is 38.7 Å². The zero-order valence-corrected chi connectivity index (χ0v) is 17.1. The number of hydrogen-bond donors (Lipinski definition) is 1. The van der Waals surface area contributed by atoms with Gasteiger partial charge < -0.3 is 9.47 Å². The first-order valence-electron chi connectivity index (χ1n) is 9.04. The number of aromatic nitrogens is 3. The third-order valence-corrected chi connectivity index (χ3v) is 5.13. The summed E-state index contributed by atoms with van der Waals surface area (Å²) in [4.78, 5) is 26.1. The Morgan fingerprint density at radius 2 is 1.70 bits per heavy atom. The molecule has 1 N–H and O–H groups in total. The Labute approximate surface area is 177 Å². The molecule has 0 fully saturated rings. The highest BCUT2D eigenvalue weighted by atomic mass is 32.1. The number of amides is 1. The molecule has 4 aromatic rings. The number of carbonyl (C=O) groups excluding carboxylic acids is 1. The van der Waals surface area contributed by atoms with Gasteiger partial charge in [-0.05, 0) is 48.5 Å². The van der Waals surface area contributed by atoms with E-state index in [9.17, 15) is 4.79 Å². The van der Waals surface area contributed by atoms with Gasteiger partial charge in [0.05, 0.1) is 37.4 Å². The molecule has 8 heteroatoms. The van der Waals surface area contributed by atoms with Gasteiger partial charge in [-0.1, -0.05) is 0 Å². The van der Waals surface area contributed by atoms with Gasteiger partial charge in [0.2, 0.25) is 0 Å². The predicted octanol–water partition coefficient (Wildman–Crippen LogP) is 4.54. The van der Waals surface area contributed by atoms with Crippen molar-refractivity contribution < 1.29 is 14.3 Å². The minimum Gasteiger partial charge on any atom is -0.497 e. The number of nitrogens with zero attached hydrogens (tertiary/aromatic N) is 3. The molecule has 0 spiro atoms. The fourth-order valence-electron chi connectivity index (χ4n) is 2.83. The van der Waals surface area contributed by atoms with E-state index in [0.717, 1.165) is 11.3 Å². The Balaban J connectivity index is 1.55. The average molecular weight is 418 g/mol. The van der Waals surface area contributed by atoms with E-state index in [2.05, 4.69) is 20.3 Å². The third kappa shape index (κ3) is 4.13. The molecule has 150 valence electrons. The van der Waals surface area contributed by atoms with Crippen molar-refractivity contribution >= 4 is 22.4 Å². The molecule has 1 amide bonds. The molecule has 0 atom stereocenters. The highest BCUT2D eigenvalue weighted by Gasteiger charge is 2.16. The zero-order valence-electron chi connectivity index (χ0n) is 16.3. The average Bonchev–Trinajstić information content (AvgIpc) is 3.27. The number of benzene rings is 1. The van der Waals surface area contributed by atoms with Crippen LogP contribution in [0.15, 0.2) is 66.3 Å². The first kappa shape index (κ1) is 19.5. The summed E-state index contributed by atoms with van der Waals surface area (Å²) in [5.41, 5.74) is 3.25. The van der Waals surface area contributed by atoms with Gasteiger partial charge >= 0.3 is 0 Å². The molecule has 0 saturated carbocycles. The SMILES string of the molecule is COc1ccc(-c2ncccc2C(=O)Nc2nc(-c3ccc(OC)cn3)cs2)cc1. The van der Waals surface area contributed by atoms with Crippen LogP contribution in [-0.4, -0.2) is 35.1 Å². The number of hydrogen-bond acceptors (Lipinski definition) is 7. The van der Waals surface area contributed by atoms with Crippen molar-refractivity contribution in [2.75, 3.05) is 19.5 Å². The molecule has 3 heterocycles. The molecule has 30 heavy (non-hydrogen) atoms. The van der Waals surface area contributed by atoms with E-state index in [4.69, 9.17) is 9.47 Å². The first-order chi connectivity index (χ1) is 14.7. The molecule has 0 aliphatic rings. The number of nitrogens with one attached hydrogen (secondary N) is 1. The minimum atomic E-state index is -0.280. The normalized spacial score (nSPS) is 10.5. The van der Waals surface area contributed by atoms with Crippen molar-refractivity contribution in [2.45, 2.75) is 0 Å². The van der Waals surface area contributed by atoms with Crippen LogP contribution in [0.4, 0.5) is 5.13 Å². The lowest BCUT2D eigenvalue weighted by Gasteiger charge is -2.09. The highest BCUT2D eigenvalue weighted by Crippen LogP contribution is 2.27. The van der Waals surface area contributed by atoms with Gasteiger partial charge in [-0.15, -0.1) is 11.3 Å². The maximum absolute atomic E-state index is 12.9. The number of methoxy groups -OCH3 is 2. The lowest BCUT2D eigenvalue weighted by molar-refractivity contribution is 0.102. The van der Waals surface area contributed by atoms with E-state index in [0.29, 0.717) is 33.5 Å². The van der Waals surface area contributed by atoms with Gasteiger partial charge in [-0.3, -0.25) is 20.1 Å². The van der Waals surface area contributed by atoms with E-state index < -0.39 is 0 Å². The Morgan fingerprint density at radius 3 is 2.40 bits per heavy atom. The van der Waals surface area contributed by atoms with Crippen molar-refractivity contribution in [3.63, 3.8) is 0 Å². The second-order valence-electron chi connectivity index (χ2n) is 6.20.